The van der Waals surface area contributed by atoms with E-state index < -0.39 is 6.10 Å². The van der Waals surface area contributed by atoms with E-state index in [0.717, 1.165) is 34.9 Å². The van der Waals surface area contributed by atoms with E-state index in [1.54, 1.807) is 7.11 Å². The van der Waals surface area contributed by atoms with Gasteiger partial charge in [0.25, 0.3) is 0 Å². The van der Waals surface area contributed by atoms with Gasteiger partial charge < -0.3 is 9.84 Å². The number of aliphatic hydroxyl groups excluding tert-OH is 1. The van der Waals surface area contributed by atoms with Gasteiger partial charge in [-0.2, -0.15) is 0 Å². The molecule has 0 saturated carbocycles. The molecule has 1 N–H and O–H groups in total. The van der Waals surface area contributed by atoms with E-state index in [1.807, 2.05) is 24.3 Å². The van der Waals surface area contributed by atoms with Crippen molar-refractivity contribution in [3.8, 4) is 5.75 Å². The zero-order valence-electron chi connectivity index (χ0n) is 11.8. The summed E-state index contributed by atoms with van der Waals surface area (Å²) in [4.78, 5) is 0. The molecule has 0 aliphatic heterocycles. The second kappa shape index (κ2) is 5.68. The van der Waals surface area contributed by atoms with Crippen molar-refractivity contribution in [2.24, 2.45) is 0 Å². The maximum Gasteiger partial charge on any atom is 0.119 e. The molecule has 0 radical (unpaired) electrons. The number of fused-ring (bicyclic) bond motifs is 1. The van der Waals surface area contributed by atoms with Gasteiger partial charge in [-0.1, -0.05) is 24.3 Å². The van der Waals surface area contributed by atoms with Crippen molar-refractivity contribution in [2.75, 3.05) is 7.11 Å². The van der Waals surface area contributed by atoms with E-state index in [9.17, 15) is 5.11 Å². The van der Waals surface area contributed by atoms with Crippen molar-refractivity contribution < 1.29 is 9.84 Å². The monoisotopic (exact) mass is 268 g/mol. The molecular weight excluding hydrogens is 248 g/mol. The minimum atomic E-state index is -0.457. The average molecular weight is 268 g/mol. The maximum atomic E-state index is 10.5. The first-order valence-electron chi connectivity index (χ1n) is 7.22. The first-order chi connectivity index (χ1) is 9.78. The molecule has 2 nitrogen and oxygen atoms in total. The molecule has 0 fully saturated rings. The van der Waals surface area contributed by atoms with Crippen molar-refractivity contribution in [1.29, 1.82) is 0 Å². The van der Waals surface area contributed by atoms with Crippen LogP contribution in [0.5, 0.6) is 5.75 Å². The minimum absolute atomic E-state index is 0.457. The van der Waals surface area contributed by atoms with Gasteiger partial charge in [-0.05, 0) is 65.8 Å². The maximum absolute atomic E-state index is 10.5. The molecule has 104 valence electrons. The van der Waals surface area contributed by atoms with Crippen LogP contribution >= 0.6 is 0 Å². The number of rotatable bonds is 3. The first kappa shape index (κ1) is 13.2. The lowest BCUT2D eigenvalue weighted by molar-refractivity contribution is 0.208. The molecule has 0 amide bonds. The second-order valence-electron chi connectivity index (χ2n) is 5.40. The van der Waals surface area contributed by atoms with Gasteiger partial charge in [-0.3, -0.25) is 0 Å². The summed E-state index contributed by atoms with van der Waals surface area (Å²) in [6.07, 6.45) is 6.29. The molecule has 1 unspecified atom stereocenters. The molecule has 1 atom stereocenters. The Labute approximate surface area is 119 Å². The Bertz CT molecular complexity index is 643. The van der Waals surface area contributed by atoms with Gasteiger partial charge in [0.05, 0.1) is 7.11 Å². The van der Waals surface area contributed by atoms with Crippen LogP contribution in [0.15, 0.2) is 48.0 Å². The van der Waals surface area contributed by atoms with Crippen molar-refractivity contribution in [2.45, 2.75) is 31.8 Å². The molecule has 3 rings (SSSR count). The van der Waals surface area contributed by atoms with Crippen molar-refractivity contribution in [1.82, 2.24) is 0 Å². The summed E-state index contributed by atoms with van der Waals surface area (Å²) < 4.78 is 5.24. The molecule has 20 heavy (non-hydrogen) atoms. The first-order valence-corrected chi connectivity index (χ1v) is 7.22. The van der Waals surface area contributed by atoms with Crippen molar-refractivity contribution in [3.05, 3.63) is 53.6 Å². The van der Waals surface area contributed by atoms with Crippen LogP contribution in [-0.4, -0.2) is 12.2 Å². The lowest BCUT2D eigenvalue weighted by atomic mass is 9.91. The van der Waals surface area contributed by atoms with Crippen LogP contribution in [-0.2, 0) is 0 Å². The van der Waals surface area contributed by atoms with Gasteiger partial charge in [0.2, 0.25) is 0 Å². The fourth-order valence-electron chi connectivity index (χ4n) is 2.86. The topological polar surface area (TPSA) is 29.5 Å². The van der Waals surface area contributed by atoms with Crippen LogP contribution in [0.25, 0.3) is 10.8 Å². The minimum Gasteiger partial charge on any atom is -0.497 e. The summed E-state index contributed by atoms with van der Waals surface area (Å²) in [5, 5.41) is 12.8. The molecule has 2 aromatic rings. The highest BCUT2D eigenvalue weighted by molar-refractivity contribution is 5.84. The van der Waals surface area contributed by atoms with E-state index >= 15 is 0 Å². The van der Waals surface area contributed by atoms with E-state index in [4.69, 9.17) is 4.74 Å². The summed E-state index contributed by atoms with van der Waals surface area (Å²) >= 11 is 0. The number of allylic oxidation sites excluding steroid dienone is 1. The third kappa shape index (κ3) is 2.56. The Morgan fingerprint density at radius 3 is 2.60 bits per heavy atom. The van der Waals surface area contributed by atoms with Crippen LogP contribution in [0.2, 0.25) is 0 Å². The number of benzene rings is 2. The van der Waals surface area contributed by atoms with Crippen LogP contribution in [0, 0.1) is 0 Å². The van der Waals surface area contributed by atoms with Gasteiger partial charge in [-0.15, -0.1) is 0 Å². The second-order valence-corrected chi connectivity index (χ2v) is 5.40. The zero-order chi connectivity index (χ0) is 13.9. The summed E-state index contributed by atoms with van der Waals surface area (Å²) in [7, 11) is 1.68. The smallest absolute Gasteiger partial charge is 0.119 e. The van der Waals surface area contributed by atoms with Crippen LogP contribution in [0.4, 0.5) is 0 Å². The van der Waals surface area contributed by atoms with E-state index in [0.29, 0.717) is 0 Å². The Morgan fingerprint density at radius 2 is 1.85 bits per heavy atom. The number of methoxy groups -OCH3 is 1. The molecule has 0 spiro atoms. The number of ether oxygens (including phenoxy) is 1. The largest absolute Gasteiger partial charge is 0.497 e. The molecular formula is C18H20O2. The summed E-state index contributed by atoms with van der Waals surface area (Å²) in [5.41, 5.74) is 2.15. The molecule has 0 aromatic heterocycles. The summed E-state index contributed by atoms with van der Waals surface area (Å²) in [6.45, 7) is 0. The Balaban J connectivity index is 1.94. The SMILES string of the molecule is COc1ccc2cc(C(O)C3=CCCCC3)ccc2c1. The highest BCUT2D eigenvalue weighted by atomic mass is 16.5. The van der Waals surface area contributed by atoms with Crippen LogP contribution in [0.1, 0.15) is 37.4 Å². The molecule has 1 aliphatic rings. The highest BCUT2D eigenvalue weighted by Crippen LogP contribution is 2.31. The predicted molar refractivity (Wildman–Crippen MR) is 82.0 cm³/mol. The van der Waals surface area contributed by atoms with Gasteiger partial charge in [-0.25, -0.2) is 0 Å². The molecule has 2 heteroatoms. The molecule has 0 bridgehead atoms. The molecule has 2 aromatic carbocycles. The van der Waals surface area contributed by atoms with Crippen LogP contribution < -0.4 is 4.74 Å². The van der Waals surface area contributed by atoms with E-state index in [1.165, 1.54) is 18.4 Å². The number of aliphatic hydroxyl groups is 1. The lowest BCUT2D eigenvalue weighted by Crippen LogP contribution is -2.04. The third-order valence-corrected chi connectivity index (χ3v) is 4.06. The van der Waals surface area contributed by atoms with Gasteiger partial charge >= 0.3 is 0 Å². The number of hydrogen-bond donors (Lipinski definition) is 1. The lowest BCUT2D eigenvalue weighted by Gasteiger charge is -2.19. The summed E-state index contributed by atoms with van der Waals surface area (Å²) in [5.74, 6) is 0.862. The van der Waals surface area contributed by atoms with Crippen molar-refractivity contribution >= 4 is 10.8 Å². The Kier molecular flexibility index (Phi) is 3.75. The van der Waals surface area contributed by atoms with Gasteiger partial charge in [0.15, 0.2) is 0 Å². The van der Waals surface area contributed by atoms with Crippen LogP contribution in [0.3, 0.4) is 0 Å². The fourth-order valence-corrected chi connectivity index (χ4v) is 2.86. The quantitative estimate of drug-likeness (QED) is 0.837. The van der Waals surface area contributed by atoms with E-state index in [-0.39, 0.29) is 0 Å². The average Bonchev–Trinajstić information content (AvgIpc) is 2.54. The predicted octanol–water partition coefficient (Wildman–Crippen LogP) is 4.38. The standard InChI is InChI=1S/C18H20O2/c1-20-17-10-9-14-11-16(8-7-15(14)12-17)18(19)13-5-3-2-4-6-13/h5,7-12,18-19H,2-4,6H2,1H3. The van der Waals surface area contributed by atoms with Gasteiger partial charge in [0, 0.05) is 0 Å². The molecule has 0 saturated heterocycles. The third-order valence-electron chi connectivity index (χ3n) is 4.06. The van der Waals surface area contributed by atoms with Crippen molar-refractivity contribution in [3.63, 3.8) is 0 Å². The molecule has 1 aliphatic carbocycles. The highest BCUT2D eigenvalue weighted by Gasteiger charge is 2.15. The van der Waals surface area contributed by atoms with Gasteiger partial charge in [0.1, 0.15) is 11.9 Å². The number of hydrogen-bond acceptors (Lipinski definition) is 2. The Morgan fingerprint density at radius 1 is 1.05 bits per heavy atom. The molecule has 0 heterocycles. The van der Waals surface area contributed by atoms with E-state index in [2.05, 4.69) is 18.2 Å². The Hall–Kier alpha value is -1.80. The normalized spacial score (nSPS) is 16.8. The summed E-state index contributed by atoms with van der Waals surface area (Å²) in [6, 6.07) is 12.2. The zero-order valence-corrected chi connectivity index (χ0v) is 11.8. The fraction of sp³-hybridized carbons (Fsp3) is 0.333.